The summed E-state index contributed by atoms with van der Waals surface area (Å²) in [6, 6.07) is 18.2. The molecule has 1 saturated heterocycles. The first-order valence-corrected chi connectivity index (χ1v) is 9.39. The minimum atomic E-state index is 0.671. The Labute approximate surface area is 159 Å². The molecule has 0 amide bonds. The molecule has 0 bridgehead atoms. The summed E-state index contributed by atoms with van der Waals surface area (Å²) in [5, 5.41) is 18.9. The maximum atomic E-state index is 8.93. The number of benzene rings is 2. The molecule has 0 radical (unpaired) electrons. The molecule has 1 aliphatic heterocycles. The molecule has 0 aliphatic carbocycles. The Bertz CT molecular complexity index is 966. The maximum Gasteiger partial charge on any atom is 0.0991 e. The average molecular weight is 357 g/mol. The molecule has 1 fully saturated rings. The number of likely N-dealkylation sites (N-methyl/N-ethyl adjacent to an activating group) is 1. The van der Waals surface area contributed by atoms with E-state index in [2.05, 4.69) is 57.4 Å². The fraction of sp³-hybridized carbons (Fsp3) is 0.318. The molecule has 3 aromatic rings. The molecule has 136 valence electrons. The smallest absolute Gasteiger partial charge is 0.0991 e. The summed E-state index contributed by atoms with van der Waals surface area (Å²) in [6.07, 6.45) is 0.935. The fourth-order valence-corrected chi connectivity index (χ4v) is 3.46. The van der Waals surface area contributed by atoms with Crippen LogP contribution in [0.3, 0.4) is 0 Å². The third kappa shape index (κ3) is 4.13. The van der Waals surface area contributed by atoms with E-state index >= 15 is 0 Å². The van der Waals surface area contributed by atoms with Crippen molar-refractivity contribution in [2.45, 2.75) is 6.42 Å². The number of hydrogen-bond donors (Lipinski definition) is 0. The average Bonchev–Trinajstić information content (AvgIpc) is 2.73. The molecule has 5 nitrogen and oxygen atoms in total. The van der Waals surface area contributed by atoms with Crippen LogP contribution in [-0.2, 0) is 6.42 Å². The number of nitrogens with zero attached hydrogens (tertiary/aromatic N) is 5. The zero-order chi connectivity index (χ0) is 18.6. The zero-order valence-electron chi connectivity index (χ0n) is 15.6. The van der Waals surface area contributed by atoms with Crippen molar-refractivity contribution in [2.24, 2.45) is 0 Å². The van der Waals surface area contributed by atoms with E-state index in [0.717, 1.165) is 66.9 Å². The van der Waals surface area contributed by atoms with Gasteiger partial charge in [0.25, 0.3) is 0 Å². The van der Waals surface area contributed by atoms with Crippen LogP contribution in [0.15, 0.2) is 48.5 Å². The highest BCUT2D eigenvalue weighted by atomic mass is 15.2. The Hall–Kier alpha value is -2.81. The summed E-state index contributed by atoms with van der Waals surface area (Å²) >= 11 is 0. The molecule has 0 unspecified atom stereocenters. The van der Waals surface area contributed by atoms with Gasteiger partial charge in [-0.25, -0.2) is 0 Å². The third-order valence-electron chi connectivity index (χ3n) is 5.27. The van der Waals surface area contributed by atoms with Crippen LogP contribution in [0.4, 0.5) is 0 Å². The molecule has 5 heteroatoms. The summed E-state index contributed by atoms with van der Waals surface area (Å²) in [5.41, 5.74) is 4.79. The Morgan fingerprint density at radius 1 is 0.926 bits per heavy atom. The van der Waals surface area contributed by atoms with Gasteiger partial charge in [0.1, 0.15) is 0 Å². The lowest BCUT2D eigenvalue weighted by molar-refractivity contribution is 0.155. The third-order valence-corrected chi connectivity index (χ3v) is 5.27. The van der Waals surface area contributed by atoms with Crippen LogP contribution in [0.25, 0.3) is 22.0 Å². The summed E-state index contributed by atoms with van der Waals surface area (Å²) in [7, 11) is 2.18. The highest BCUT2D eigenvalue weighted by molar-refractivity contribution is 5.84. The summed E-state index contributed by atoms with van der Waals surface area (Å²) in [4.78, 5) is 4.87. The first-order valence-electron chi connectivity index (χ1n) is 9.39. The SMILES string of the molecule is CN1CCN(CCc2cc3ccc(-c4ccc(C#N)cc4)cc3nn2)CC1. The van der Waals surface area contributed by atoms with Crippen molar-refractivity contribution >= 4 is 10.9 Å². The summed E-state index contributed by atoms with van der Waals surface area (Å²) < 4.78 is 0. The topological polar surface area (TPSA) is 56.0 Å². The lowest BCUT2D eigenvalue weighted by Crippen LogP contribution is -2.45. The molecule has 2 aromatic carbocycles. The lowest BCUT2D eigenvalue weighted by atomic mass is 10.0. The fourth-order valence-electron chi connectivity index (χ4n) is 3.46. The monoisotopic (exact) mass is 357 g/mol. The number of hydrogen-bond acceptors (Lipinski definition) is 5. The number of fused-ring (bicyclic) bond motifs is 1. The van der Waals surface area contributed by atoms with E-state index in [0.29, 0.717) is 5.56 Å². The van der Waals surface area contributed by atoms with Crippen molar-refractivity contribution in [3.63, 3.8) is 0 Å². The Balaban J connectivity index is 1.47. The van der Waals surface area contributed by atoms with Crippen LogP contribution in [0.2, 0.25) is 0 Å². The molecular weight excluding hydrogens is 334 g/mol. The van der Waals surface area contributed by atoms with Gasteiger partial charge in [0.15, 0.2) is 0 Å². The normalized spacial score (nSPS) is 15.7. The van der Waals surface area contributed by atoms with E-state index in [1.807, 2.05) is 24.3 Å². The van der Waals surface area contributed by atoms with Gasteiger partial charge < -0.3 is 9.80 Å². The van der Waals surface area contributed by atoms with Gasteiger partial charge in [-0.2, -0.15) is 15.5 Å². The number of nitriles is 1. The molecule has 1 aliphatic rings. The van der Waals surface area contributed by atoms with Gasteiger partial charge in [0.05, 0.1) is 22.8 Å². The van der Waals surface area contributed by atoms with E-state index < -0.39 is 0 Å². The highest BCUT2D eigenvalue weighted by Gasteiger charge is 2.13. The van der Waals surface area contributed by atoms with Gasteiger partial charge in [0.2, 0.25) is 0 Å². The van der Waals surface area contributed by atoms with Gasteiger partial charge in [0, 0.05) is 44.5 Å². The highest BCUT2D eigenvalue weighted by Crippen LogP contribution is 2.24. The predicted molar refractivity (Wildman–Crippen MR) is 107 cm³/mol. The molecule has 0 N–H and O–H groups in total. The van der Waals surface area contributed by atoms with Crippen molar-refractivity contribution in [1.29, 1.82) is 5.26 Å². The zero-order valence-corrected chi connectivity index (χ0v) is 15.6. The number of piperazine rings is 1. The van der Waals surface area contributed by atoms with Crippen LogP contribution >= 0.6 is 0 Å². The van der Waals surface area contributed by atoms with E-state index in [4.69, 9.17) is 5.26 Å². The van der Waals surface area contributed by atoms with E-state index in [-0.39, 0.29) is 0 Å². The van der Waals surface area contributed by atoms with Crippen molar-refractivity contribution in [3.05, 3.63) is 59.8 Å². The molecule has 0 atom stereocenters. The Kier molecular flexibility index (Phi) is 5.10. The molecule has 1 aromatic heterocycles. The van der Waals surface area contributed by atoms with Crippen molar-refractivity contribution in [3.8, 4) is 17.2 Å². The largest absolute Gasteiger partial charge is 0.304 e. The van der Waals surface area contributed by atoms with Crippen LogP contribution < -0.4 is 0 Å². The molecule has 27 heavy (non-hydrogen) atoms. The van der Waals surface area contributed by atoms with Gasteiger partial charge in [-0.05, 0) is 42.4 Å². The minimum Gasteiger partial charge on any atom is -0.304 e. The maximum absolute atomic E-state index is 8.93. The second-order valence-electron chi connectivity index (χ2n) is 7.19. The van der Waals surface area contributed by atoms with Gasteiger partial charge in [-0.3, -0.25) is 0 Å². The number of rotatable bonds is 4. The van der Waals surface area contributed by atoms with Gasteiger partial charge in [-0.15, -0.1) is 0 Å². The van der Waals surface area contributed by atoms with Gasteiger partial charge in [-0.1, -0.05) is 24.3 Å². The standard InChI is InChI=1S/C22H23N5/c1-26-10-12-27(13-11-26)9-8-21-14-20-7-6-19(15-22(20)25-24-21)18-4-2-17(16-23)3-5-18/h2-7,14-15H,8-13H2,1H3. The van der Waals surface area contributed by atoms with E-state index in [1.54, 1.807) is 0 Å². The second-order valence-corrected chi connectivity index (χ2v) is 7.19. The number of aromatic nitrogens is 2. The summed E-state index contributed by atoms with van der Waals surface area (Å²) in [6.45, 7) is 5.58. The predicted octanol–water partition coefficient (Wildman–Crippen LogP) is 2.96. The van der Waals surface area contributed by atoms with Crippen LogP contribution in [-0.4, -0.2) is 59.8 Å². The van der Waals surface area contributed by atoms with Crippen molar-refractivity contribution in [1.82, 2.24) is 20.0 Å². The Morgan fingerprint density at radius 2 is 1.67 bits per heavy atom. The van der Waals surface area contributed by atoms with Crippen LogP contribution in [0, 0.1) is 11.3 Å². The molecule has 4 rings (SSSR count). The van der Waals surface area contributed by atoms with Crippen LogP contribution in [0.1, 0.15) is 11.3 Å². The molecule has 0 spiro atoms. The van der Waals surface area contributed by atoms with Crippen molar-refractivity contribution < 1.29 is 0 Å². The minimum absolute atomic E-state index is 0.671. The van der Waals surface area contributed by atoms with E-state index in [1.165, 1.54) is 0 Å². The Morgan fingerprint density at radius 3 is 2.41 bits per heavy atom. The summed E-state index contributed by atoms with van der Waals surface area (Å²) in [5.74, 6) is 0. The first kappa shape index (κ1) is 17.6. The van der Waals surface area contributed by atoms with E-state index in [9.17, 15) is 0 Å². The molecule has 0 saturated carbocycles. The van der Waals surface area contributed by atoms with Gasteiger partial charge >= 0.3 is 0 Å². The second kappa shape index (κ2) is 7.83. The first-order chi connectivity index (χ1) is 13.2. The quantitative estimate of drug-likeness (QED) is 0.718. The van der Waals surface area contributed by atoms with Crippen LogP contribution in [0.5, 0.6) is 0 Å². The van der Waals surface area contributed by atoms with Crippen molar-refractivity contribution in [2.75, 3.05) is 39.8 Å². The molecule has 2 heterocycles. The lowest BCUT2D eigenvalue weighted by Gasteiger charge is -2.32. The molecular formula is C22H23N5.